The third kappa shape index (κ3) is 2.90. The normalized spacial score (nSPS) is 13.4. The Bertz CT molecular complexity index is 1270. The largest absolute Gasteiger partial charge is 0.437 e. The number of aromatic nitrogens is 2. The van der Waals surface area contributed by atoms with Gasteiger partial charge in [-0.1, -0.05) is 39.8 Å². The second kappa shape index (κ2) is 7.05. The minimum absolute atomic E-state index is 0.232. The quantitative estimate of drug-likeness (QED) is 0.408. The Labute approximate surface area is 169 Å². The first-order chi connectivity index (χ1) is 14.1. The molecule has 0 fully saturated rings. The summed E-state index contributed by atoms with van der Waals surface area (Å²) >= 11 is 0. The number of nitrogens with zero attached hydrogens (tertiary/aromatic N) is 2. The van der Waals surface area contributed by atoms with Crippen molar-refractivity contribution in [2.24, 2.45) is 7.05 Å². The number of aryl methyl sites for hydroxylation is 4. The summed E-state index contributed by atoms with van der Waals surface area (Å²) in [7, 11) is 2.02. The highest BCUT2D eigenvalue weighted by atomic mass is 16.3. The lowest BCUT2D eigenvalue weighted by Crippen LogP contribution is -2.32. The molecule has 28 heavy (non-hydrogen) atoms. The fraction of sp³-hybridized carbons (Fsp3) is 0.360. The summed E-state index contributed by atoms with van der Waals surface area (Å²) in [5.74, 6) is 0.232. The van der Waals surface area contributed by atoms with E-state index >= 15 is 0 Å². The maximum atomic E-state index is 8.41. The summed E-state index contributed by atoms with van der Waals surface area (Å²) in [5.41, 5.74) is 7.25. The van der Waals surface area contributed by atoms with E-state index in [-0.39, 0.29) is 5.92 Å². The molecule has 0 amide bonds. The van der Waals surface area contributed by atoms with Crippen LogP contribution in [-0.4, -0.2) is 4.98 Å². The number of benzene rings is 1. The summed E-state index contributed by atoms with van der Waals surface area (Å²) in [6.45, 7) is 9.99. The predicted molar refractivity (Wildman–Crippen MR) is 116 cm³/mol. The van der Waals surface area contributed by atoms with Crippen molar-refractivity contribution in [1.29, 1.82) is 0 Å². The van der Waals surface area contributed by atoms with E-state index in [1.165, 1.54) is 0 Å². The summed E-state index contributed by atoms with van der Waals surface area (Å²) in [5, 5.41) is 2.05. The van der Waals surface area contributed by atoms with E-state index in [1.807, 2.05) is 13.1 Å². The summed E-state index contributed by atoms with van der Waals surface area (Å²) in [6.07, 6.45) is 1.49. The first-order valence-corrected chi connectivity index (χ1v) is 9.98. The third-order valence-corrected chi connectivity index (χ3v) is 5.59. The van der Waals surface area contributed by atoms with Gasteiger partial charge in [-0.3, -0.25) is 0 Å². The van der Waals surface area contributed by atoms with Crippen molar-refractivity contribution >= 4 is 22.1 Å². The molecular formula is C25H29N2O+. The molecule has 0 saturated heterocycles. The molecule has 4 rings (SSSR count). The van der Waals surface area contributed by atoms with Crippen LogP contribution in [0.15, 0.2) is 40.9 Å². The molecule has 0 bridgehead atoms. The molecule has 0 radical (unpaired) electrons. The van der Waals surface area contributed by atoms with E-state index in [1.54, 1.807) is 6.92 Å². The Morgan fingerprint density at radius 3 is 2.57 bits per heavy atom. The smallest absolute Gasteiger partial charge is 0.227 e. The van der Waals surface area contributed by atoms with Gasteiger partial charge in [-0.05, 0) is 48.9 Å². The molecule has 0 atom stereocenters. The maximum Gasteiger partial charge on any atom is 0.227 e. The van der Waals surface area contributed by atoms with Gasteiger partial charge in [0.2, 0.25) is 11.4 Å². The molecule has 1 aromatic carbocycles. The molecule has 4 aromatic rings. The molecule has 3 heteroatoms. The monoisotopic (exact) mass is 375 g/mol. The van der Waals surface area contributed by atoms with Crippen molar-refractivity contribution in [3.63, 3.8) is 0 Å². The van der Waals surface area contributed by atoms with E-state index in [2.05, 4.69) is 67.7 Å². The molecule has 144 valence electrons. The van der Waals surface area contributed by atoms with E-state index in [4.69, 9.17) is 7.16 Å². The van der Waals surface area contributed by atoms with Gasteiger partial charge in [0.25, 0.3) is 0 Å². The number of pyridine rings is 2. The number of hydrogen-bond donors (Lipinski definition) is 0. The van der Waals surface area contributed by atoms with Gasteiger partial charge < -0.3 is 4.42 Å². The molecule has 0 aliphatic carbocycles. The Hall–Kier alpha value is -2.68. The van der Waals surface area contributed by atoms with Crippen molar-refractivity contribution < 1.29 is 11.7 Å². The highest BCUT2D eigenvalue weighted by molar-refractivity contribution is 6.08. The molecule has 0 aliphatic heterocycles. The number of fused-ring (bicyclic) bond motifs is 3. The topological polar surface area (TPSA) is 29.9 Å². The highest BCUT2D eigenvalue weighted by Crippen LogP contribution is 2.37. The number of rotatable bonds is 4. The van der Waals surface area contributed by atoms with Crippen molar-refractivity contribution in [3.8, 4) is 11.3 Å². The van der Waals surface area contributed by atoms with Gasteiger partial charge in [0.1, 0.15) is 7.05 Å². The standard InChI is InChI=1S/C25H29N2O/c1-7-17-13-22(27(6)14-21(17)15(3)4)23-16(5)9-11-19-20-12-10-18(8-2)26-25(20)28-24(19)23/h9-15H,7-8H2,1-6H3/q+1/i7D2. The van der Waals surface area contributed by atoms with Crippen LogP contribution < -0.4 is 4.57 Å². The Kier molecular flexibility index (Phi) is 4.10. The lowest BCUT2D eigenvalue weighted by atomic mass is 9.94. The molecule has 0 N–H and O–H groups in total. The SMILES string of the molecule is [2H]C([2H])(C)c1cc(-c2c(C)ccc3c2oc2nc(CC)ccc23)[n+](C)cc1C(C)C. The lowest BCUT2D eigenvalue weighted by molar-refractivity contribution is -0.660. The number of furan rings is 1. The van der Waals surface area contributed by atoms with Gasteiger partial charge in [-0.25, -0.2) is 9.55 Å². The van der Waals surface area contributed by atoms with Gasteiger partial charge >= 0.3 is 0 Å². The fourth-order valence-corrected chi connectivity index (χ4v) is 3.97. The first-order valence-electron chi connectivity index (χ1n) is 11.0. The van der Waals surface area contributed by atoms with Crippen LogP contribution in [0.4, 0.5) is 0 Å². The minimum atomic E-state index is -1.43. The van der Waals surface area contributed by atoms with Crippen molar-refractivity contribution in [2.45, 2.75) is 53.3 Å². The fourth-order valence-electron chi connectivity index (χ4n) is 3.97. The number of hydrogen-bond acceptors (Lipinski definition) is 2. The van der Waals surface area contributed by atoms with Gasteiger partial charge in [0.05, 0.1) is 5.56 Å². The molecular weight excluding hydrogens is 344 g/mol. The van der Waals surface area contributed by atoms with Crippen LogP contribution in [0.25, 0.3) is 33.3 Å². The van der Waals surface area contributed by atoms with Gasteiger partial charge in [-0.15, -0.1) is 0 Å². The minimum Gasteiger partial charge on any atom is -0.437 e. The maximum absolute atomic E-state index is 8.41. The zero-order valence-electron chi connectivity index (χ0n) is 19.6. The van der Waals surface area contributed by atoms with Crippen molar-refractivity contribution in [2.75, 3.05) is 0 Å². The van der Waals surface area contributed by atoms with Crippen LogP contribution >= 0.6 is 0 Å². The van der Waals surface area contributed by atoms with Crippen LogP contribution in [0, 0.1) is 6.92 Å². The van der Waals surface area contributed by atoms with E-state index < -0.39 is 6.37 Å². The Morgan fingerprint density at radius 2 is 1.89 bits per heavy atom. The highest BCUT2D eigenvalue weighted by Gasteiger charge is 2.23. The lowest BCUT2D eigenvalue weighted by Gasteiger charge is -2.13. The van der Waals surface area contributed by atoms with Gasteiger partial charge in [0.15, 0.2) is 11.8 Å². The predicted octanol–water partition coefficient (Wildman–Crippen LogP) is 6.03. The van der Waals surface area contributed by atoms with Gasteiger partial charge in [-0.2, -0.15) is 0 Å². The third-order valence-electron chi connectivity index (χ3n) is 5.59. The van der Waals surface area contributed by atoms with Crippen molar-refractivity contribution in [3.05, 3.63) is 58.9 Å². The molecule has 0 spiro atoms. The van der Waals surface area contributed by atoms with E-state index in [0.717, 1.165) is 56.4 Å². The van der Waals surface area contributed by atoms with Crippen LogP contribution in [-0.2, 0) is 19.8 Å². The summed E-state index contributed by atoms with van der Waals surface area (Å²) < 4.78 is 25.2. The van der Waals surface area contributed by atoms with E-state index in [0.29, 0.717) is 5.71 Å². The van der Waals surface area contributed by atoms with Crippen LogP contribution in [0.1, 0.15) is 58.7 Å². The zero-order valence-corrected chi connectivity index (χ0v) is 17.6. The summed E-state index contributed by atoms with van der Waals surface area (Å²) in [6, 6.07) is 10.3. The van der Waals surface area contributed by atoms with Gasteiger partial charge in [0, 0.05) is 30.8 Å². The first kappa shape index (κ1) is 16.3. The molecule has 0 saturated carbocycles. The average Bonchev–Trinajstić information content (AvgIpc) is 3.04. The Morgan fingerprint density at radius 1 is 1.14 bits per heavy atom. The molecule has 0 aliphatic rings. The molecule has 3 aromatic heterocycles. The van der Waals surface area contributed by atoms with E-state index in [9.17, 15) is 0 Å². The van der Waals surface area contributed by atoms with Crippen LogP contribution in [0.3, 0.4) is 0 Å². The average molecular weight is 376 g/mol. The molecule has 3 heterocycles. The van der Waals surface area contributed by atoms with Crippen molar-refractivity contribution in [1.82, 2.24) is 4.98 Å². The second-order valence-electron chi connectivity index (χ2n) is 7.79. The Balaban J connectivity index is 2.07. The summed E-state index contributed by atoms with van der Waals surface area (Å²) in [4.78, 5) is 4.68. The molecule has 3 nitrogen and oxygen atoms in total. The second-order valence-corrected chi connectivity index (χ2v) is 7.79. The van der Waals surface area contributed by atoms with Crippen LogP contribution in [0.2, 0.25) is 0 Å². The molecule has 0 unspecified atom stereocenters. The van der Waals surface area contributed by atoms with Crippen LogP contribution in [0.5, 0.6) is 0 Å². The zero-order chi connectivity index (χ0) is 21.8.